The molecule has 1 atom stereocenters. The van der Waals surface area contributed by atoms with Gasteiger partial charge in [-0.15, -0.1) is 0 Å². The summed E-state index contributed by atoms with van der Waals surface area (Å²) in [5, 5.41) is 3.57. The summed E-state index contributed by atoms with van der Waals surface area (Å²) in [7, 11) is 2.18. The van der Waals surface area contributed by atoms with E-state index in [0.29, 0.717) is 6.04 Å². The average Bonchev–Trinajstić information content (AvgIpc) is 2.48. The molecule has 1 saturated heterocycles. The maximum Gasteiger partial charge on any atom is 0.0750 e. The number of rotatable bonds is 5. The molecule has 1 aliphatic rings. The molecule has 1 N–H and O–H groups in total. The number of hydrogen-bond donors (Lipinski definition) is 1. The van der Waals surface area contributed by atoms with Crippen LogP contribution in [-0.2, 0) is 4.74 Å². The monoisotopic (exact) mass is 200 g/mol. The van der Waals surface area contributed by atoms with Crippen molar-refractivity contribution < 1.29 is 4.74 Å². The van der Waals surface area contributed by atoms with Crippen LogP contribution in [0.4, 0.5) is 0 Å². The molecule has 0 saturated carbocycles. The normalized spacial score (nSPS) is 24.4. The Morgan fingerprint density at radius 1 is 1.50 bits per heavy atom. The molecule has 14 heavy (non-hydrogen) atoms. The van der Waals surface area contributed by atoms with Crippen molar-refractivity contribution in [3.05, 3.63) is 0 Å². The van der Waals surface area contributed by atoms with Gasteiger partial charge in [-0.1, -0.05) is 0 Å². The first-order valence-corrected chi connectivity index (χ1v) is 5.59. The molecule has 1 rings (SSSR count). The van der Waals surface area contributed by atoms with Crippen LogP contribution in [0.25, 0.3) is 0 Å². The number of likely N-dealkylation sites (N-methyl/N-ethyl adjacent to an activating group) is 1. The van der Waals surface area contributed by atoms with Crippen LogP contribution in [-0.4, -0.2) is 49.8 Å². The van der Waals surface area contributed by atoms with Gasteiger partial charge < -0.3 is 15.0 Å². The van der Waals surface area contributed by atoms with Crippen molar-refractivity contribution in [2.75, 3.05) is 33.3 Å². The predicted octanol–water partition coefficient (Wildman–Crippen LogP) is 1.10. The minimum atomic E-state index is -0.0318. The fourth-order valence-electron chi connectivity index (χ4n) is 1.93. The Morgan fingerprint density at radius 2 is 2.21 bits per heavy atom. The highest BCUT2D eigenvalue weighted by molar-refractivity contribution is 4.82. The van der Waals surface area contributed by atoms with E-state index in [1.165, 1.54) is 19.5 Å². The lowest BCUT2D eigenvalue weighted by molar-refractivity contribution is -0.0103. The lowest BCUT2D eigenvalue weighted by Crippen LogP contribution is -2.43. The van der Waals surface area contributed by atoms with Crippen LogP contribution >= 0.6 is 0 Å². The fourth-order valence-corrected chi connectivity index (χ4v) is 1.93. The second-order valence-corrected chi connectivity index (χ2v) is 4.82. The quantitative estimate of drug-likeness (QED) is 0.719. The molecule has 1 fully saturated rings. The molecule has 0 radical (unpaired) electrons. The van der Waals surface area contributed by atoms with Crippen LogP contribution < -0.4 is 5.32 Å². The van der Waals surface area contributed by atoms with E-state index < -0.39 is 0 Å². The van der Waals surface area contributed by atoms with Gasteiger partial charge in [0.15, 0.2) is 0 Å². The van der Waals surface area contributed by atoms with Gasteiger partial charge in [0, 0.05) is 25.7 Å². The second-order valence-electron chi connectivity index (χ2n) is 4.82. The van der Waals surface area contributed by atoms with Gasteiger partial charge in [-0.2, -0.15) is 0 Å². The maximum atomic E-state index is 5.64. The van der Waals surface area contributed by atoms with Crippen molar-refractivity contribution in [2.24, 2.45) is 0 Å². The van der Waals surface area contributed by atoms with Crippen molar-refractivity contribution in [3.8, 4) is 0 Å². The topological polar surface area (TPSA) is 24.5 Å². The molecule has 0 aliphatic carbocycles. The van der Waals surface area contributed by atoms with Gasteiger partial charge in [0.25, 0.3) is 0 Å². The Kier molecular flexibility index (Phi) is 4.35. The molecule has 0 aromatic rings. The highest BCUT2D eigenvalue weighted by atomic mass is 16.5. The van der Waals surface area contributed by atoms with Gasteiger partial charge in [0.1, 0.15) is 0 Å². The summed E-state index contributed by atoms with van der Waals surface area (Å²) in [6.45, 7) is 10.4. The van der Waals surface area contributed by atoms with E-state index in [1.54, 1.807) is 0 Å². The van der Waals surface area contributed by atoms with E-state index >= 15 is 0 Å². The van der Waals surface area contributed by atoms with E-state index in [-0.39, 0.29) is 5.60 Å². The zero-order valence-corrected chi connectivity index (χ0v) is 9.97. The summed E-state index contributed by atoms with van der Waals surface area (Å²) in [6.07, 6.45) is 1.26. The molecule has 0 bridgehead atoms. The molecule has 3 heteroatoms. The molecule has 0 aromatic carbocycles. The molecular weight excluding hydrogens is 176 g/mol. The minimum absolute atomic E-state index is 0.0318. The Labute approximate surface area is 87.8 Å². The molecule has 3 nitrogen and oxygen atoms in total. The van der Waals surface area contributed by atoms with Crippen LogP contribution in [0, 0.1) is 0 Å². The van der Waals surface area contributed by atoms with E-state index in [9.17, 15) is 0 Å². The van der Waals surface area contributed by atoms with Gasteiger partial charge in [0.05, 0.1) is 5.60 Å². The molecule has 0 amide bonds. The molecule has 1 unspecified atom stereocenters. The highest BCUT2D eigenvalue weighted by Gasteiger charge is 2.23. The van der Waals surface area contributed by atoms with Crippen molar-refractivity contribution in [3.63, 3.8) is 0 Å². The molecule has 84 valence electrons. The van der Waals surface area contributed by atoms with Crippen molar-refractivity contribution in [2.45, 2.75) is 38.8 Å². The highest BCUT2D eigenvalue weighted by Crippen LogP contribution is 2.10. The summed E-state index contributed by atoms with van der Waals surface area (Å²) in [5.41, 5.74) is -0.0318. The van der Waals surface area contributed by atoms with Crippen LogP contribution in [0.3, 0.4) is 0 Å². The predicted molar refractivity (Wildman–Crippen MR) is 59.6 cm³/mol. The standard InChI is InChI=1S/C11H24N2O/c1-5-14-11(2,3)9-12-10-6-7-13(4)8-10/h10,12H,5-9H2,1-4H3. The van der Waals surface area contributed by atoms with E-state index in [2.05, 4.69) is 31.1 Å². The average molecular weight is 200 g/mol. The number of nitrogens with one attached hydrogen (secondary N) is 1. The van der Waals surface area contributed by atoms with Gasteiger partial charge in [-0.05, 0) is 40.8 Å². The molecule has 1 heterocycles. The van der Waals surface area contributed by atoms with Crippen LogP contribution in [0.15, 0.2) is 0 Å². The summed E-state index contributed by atoms with van der Waals surface area (Å²) < 4.78 is 5.64. The number of nitrogens with zero attached hydrogens (tertiary/aromatic N) is 1. The smallest absolute Gasteiger partial charge is 0.0750 e. The van der Waals surface area contributed by atoms with Crippen LogP contribution in [0.5, 0.6) is 0 Å². The first-order valence-electron chi connectivity index (χ1n) is 5.59. The van der Waals surface area contributed by atoms with Crippen molar-refractivity contribution >= 4 is 0 Å². The summed E-state index contributed by atoms with van der Waals surface area (Å²) in [6, 6.07) is 0.653. The maximum absolute atomic E-state index is 5.64. The number of hydrogen-bond acceptors (Lipinski definition) is 3. The SMILES string of the molecule is CCOC(C)(C)CNC1CCN(C)C1. The van der Waals surface area contributed by atoms with E-state index in [0.717, 1.165) is 13.2 Å². The summed E-state index contributed by atoms with van der Waals surface area (Å²) >= 11 is 0. The largest absolute Gasteiger partial charge is 0.375 e. The van der Waals surface area contributed by atoms with Gasteiger partial charge in [-0.25, -0.2) is 0 Å². The minimum Gasteiger partial charge on any atom is -0.375 e. The third kappa shape index (κ3) is 3.95. The number of likely N-dealkylation sites (tertiary alicyclic amines) is 1. The molecule has 0 aromatic heterocycles. The van der Waals surface area contributed by atoms with E-state index in [4.69, 9.17) is 4.74 Å². The molecule has 1 aliphatic heterocycles. The summed E-state index contributed by atoms with van der Waals surface area (Å²) in [5.74, 6) is 0. The van der Waals surface area contributed by atoms with Crippen LogP contribution in [0.2, 0.25) is 0 Å². The second kappa shape index (κ2) is 5.10. The zero-order chi connectivity index (χ0) is 10.6. The summed E-state index contributed by atoms with van der Waals surface area (Å²) in [4.78, 5) is 2.37. The van der Waals surface area contributed by atoms with Crippen LogP contribution in [0.1, 0.15) is 27.2 Å². The van der Waals surface area contributed by atoms with E-state index in [1.807, 2.05) is 6.92 Å². The third-order valence-corrected chi connectivity index (χ3v) is 2.74. The third-order valence-electron chi connectivity index (χ3n) is 2.74. The first-order chi connectivity index (χ1) is 6.53. The first kappa shape index (κ1) is 12.0. The lowest BCUT2D eigenvalue weighted by Gasteiger charge is -2.27. The Balaban J connectivity index is 2.19. The fraction of sp³-hybridized carbons (Fsp3) is 1.00. The van der Waals surface area contributed by atoms with Crippen molar-refractivity contribution in [1.29, 1.82) is 0 Å². The molecule has 0 spiro atoms. The van der Waals surface area contributed by atoms with Gasteiger partial charge in [-0.3, -0.25) is 0 Å². The molecular formula is C11H24N2O. The van der Waals surface area contributed by atoms with Gasteiger partial charge >= 0.3 is 0 Å². The number of ether oxygens (including phenoxy) is 1. The lowest BCUT2D eigenvalue weighted by atomic mass is 10.1. The van der Waals surface area contributed by atoms with Crippen molar-refractivity contribution in [1.82, 2.24) is 10.2 Å². The van der Waals surface area contributed by atoms with Gasteiger partial charge in [0.2, 0.25) is 0 Å². The Morgan fingerprint density at radius 3 is 2.71 bits per heavy atom. The Hall–Kier alpha value is -0.120. The Bertz CT molecular complexity index is 171. The zero-order valence-electron chi connectivity index (χ0n) is 9.97.